The Labute approximate surface area is 141 Å². The first kappa shape index (κ1) is 16.6. The van der Waals surface area contributed by atoms with Crippen LogP contribution >= 0.6 is 0 Å². The summed E-state index contributed by atoms with van der Waals surface area (Å²) in [6.07, 6.45) is 4.55. The lowest BCUT2D eigenvalue weighted by Crippen LogP contribution is -2.47. The Hall–Kier alpha value is -2.30. The van der Waals surface area contributed by atoms with Crippen LogP contribution in [0.4, 0.5) is 0 Å². The van der Waals surface area contributed by atoms with Gasteiger partial charge < -0.3 is 15.0 Å². The molecule has 1 aliphatic rings. The molecule has 2 atom stereocenters. The number of fused-ring (bicyclic) bond motifs is 1. The van der Waals surface area contributed by atoms with Gasteiger partial charge in [-0.3, -0.25) is 9.59 Å². The number of aromatic nitrogens is 1. The Morgan fingerprint density at radius 3 is 2.79 bits per heavy atom. The zero-order chi connectivity index (χ0) is 17.3. The van der Waals surface area contributed by atoms with Crippen molar-refractivity contribution in [2.75, 3.05) is 6.54 Å². The van der Waals surface area contributed by atoms with Crippen molar-refractivity contribution >= 4 is 22.8 Å². The summed E-state index contributed by atoms with van der Waals surface area (Å²) < 4.78 is 0. The second-order valence-corrected chi connectivity index (χ2v) is 6.69. The molecule has 2 N–H and O–H groups in total. The zero-order valence-electron chi connectivity index (χ0n) is 14.2. The second kappa shape index (κ2) is 6.67. The number of piperidine rings is 1. The zero-order valence-corrected chi connectivity index (χ0v) is 14.2. The van der Waals surface area contributed by atoms with E-state index in [0.717, 1.165) is 29.3 Å². The summed E-state index contributed by atoms with van der Waals surface area (Å²) in [6.45, 7) is 4.43. The number of rotatable bonds is 4. The average molecular weight is 328 g/mol. The molecule has 3 rings (SSSR count). The molecule has 2 aromatic rings. The number of hydrogen-bond donors (Lipinski definition) is 2. The molecule has 0 spiro atoms. The van der Waals surface area contributed by atoms with Crippen molar-refractivity contribution in [1.29, 1.82) is 0 Å². The number of para-hydroxylation sites is 1. The quantitative estimate of drug-likeness (QED) is 0.906. The highest BCUT2D eigenvalue weighted by atomic mass is 16.4. The van der Waals surface area contributed by atoms with E-state index in [0.29, 0.717) is 19.4 Å². The predicted octanol–water partition coefficient (Wildman–Crippen LogP) is 2.98. The van der Waals surface area contributed by atoms with Gasteiger partial charge in [-0.25, -0.2) is 0 Å². The number of amides is 1. The first-order valence-electron chi connectivity index (χ1n) is 8.61. The van der Waals surface area contributed by atoms with Crippen molar-refractivity contribution in [2.24, 2.45) is 5.92 Å². The number of hydrogen-bond acceptors (Lipinski definition) is 2. The van der Waals surface area contributed by atoms with Crippen LogP contribution in [-0.4, -0.2) is 39.5 Å². The van der Waals surface area contributed by atoms with E-state index in [1.165, 1.54) is 5.56 Å². The molecule has 1 aromatic heterocycles. The summed E-state index contributed by atoms with van der Waals surface area (Å²) in [7, 11) is 0. The molecule has 2 heterocycles. The van der Waals surface area contributed by atoms with Crippen molar-refractivity contribution in [1.82, 2.24) is 9.88 Å². The Morgan fingerprint density at radius 1 is 1.29 bits per heavy atom. The number of carbonyl (C=O) groups is 2. The van der Waals surface area contributed by atoms with Gasteiger partial charge in [0.05, 0.1) is 12.3 Å². The fraction of sp³-hybridized carbons (Fsp3) is 0.474. The van der Waals surface area contributed by atoms with Crippen LogP contribution in [0.25, 0.3) is 10.9 Å². The summed E-state index contributed by atoms with van der Waals surface area (Å²) in [4.78, 5) is 29.0. The van der Waals surface area contributed by atoms with E-state index in [2.05, 4.69) is 18.0 Å². The summed E-state index contributed by atoms with van der Waals surface area (Å²) >= 11 is 0. The fourth-order valence-corrected chi connectivity index (χ4v) is 3.64. The number of aromatic amines is 1. The van der Waals surface area contributed by atoms with Crippen LogP contribution < -0.4 is 0 Å². The number of nitrogens with one attached hydrogen (secondary N) is 1. The van der Waals surface area contributed by atoms with E-state index in [1.54, 1.807) is 4.90 Å². The van der Waals surface area contributed by atoms with Crippen LogP contribution in [0, 0.1) is 5.92 Å². The van der Waals surface area contributed by atoms with Gasteiger partial charge in [0, 0.05) is 29.7 Å². The summed E-state index contributed by atoms with van der Waals surface area (Å²) in [6, 6.07) is 6.25. The second-order valence-electron chi connectivity index (χ2n) is 6.69. The third kappa shape index (κ3) is 3.03. The number of benzene rings is 1. The van der Waals surface area contributed by atoms with E-state index in [4.69, 9.17) is 0 Å². The normalized spacial score (nSPS) is 21.2. The SMILES string of the molecule is CCc1cccc2c(CC(=O)N3CC(C(=O)O)CCC3C)c[nH]c12. The summed E-state index contributed by atoms with van der Waals surface area (Å²) in [5.74, 6) is -1.24. The molecule has 1 aliphatic heterocycles. The lowest BCUT2D eigenvalue weighted by Gasteiger charge is -2.36. The molecule has 0 bridgehead atoms. The minimum absolute atomic E-state index is 0.0104. The maximum absolute atomic E-state index is 12.8. The molecule has 2 unspecified atom stereocenters. The molecular formula is C19H24N2O3. The van der Waals surface area contributed by atoms with E-state index >= 15 is 0 Å². The Morgan fingerprint density at radius 2 is 2.08 bits per heavy atom. The predicted molar refractivity (Wildman–Crippen MR) is 92.9 cm³/mol. The monoisotopic (exact) mass is 328 g/mol. The lowest BCUT2D eigenvalue weighted by molar-refractivity contribution is -0.146. The smallest absolute Gasteiger partial charge is 0.308 e. The van der Waals surface area contributed by atoms with Gasteiger partial charge >= 0.3 is 5.97 Å². The highest BCUT2D eigenvalue weighted by Crippen LogP contribution is 2.26. The van der Waals surface area contributed by atoms with Gasteiger partial charge in [-0.15, -0.1) is 0 Å². The fourth-order valence-electron chi connectivity index (χ4n) is 3.64. The highest BCUT2D eigenvalue weighted by Gasteiger charge is 2.32. The number of aliphatic carboxylic acids is 1. The Balaban J connectivity index is 1.80. The van der Waals surface area contributed by atoms with Crippen LogP contribution in [-0.2, 0) is 22.4 Å². The number of likely N-dealkylation sites (tertiary alicyclic amines) is 1. The van der Waals surface area contributed by atoms with Gasteiger partial charge in [-0.2, -0.15) is 0 Å². The molecule has 0 radical (unpaired) electrons. The van der Waals surface area contributed by atoms with Gasteiger partial charge in [-0.1, -0.05) is 25.1 Å². The van der Waals surface area contributed by atoms with Crippen molar-refractivity contribution in [3.05, 3.63) is 35.5 Å². The standard InChI is InChI=1S/C19H24N2O3/c1-3-13-5-4-6-16-15(10-20-18(13)16)9-17(22)21-11-14(19(23)24)8-7-12(21)2/h4-6,10,12,14,20H,3,7-9,11H2,1-2H3,(H,23,24). The number of nitrogens with zero attached hydrogens (tertiary/aromatic N) is 1. The van der Waals surface area contributed by atoms with Crippen molar-refractivity contribution < 1.29 is 14.7 Å². The molecule has 1 aromatic carbocycles. The molecule has 5 heteroatoms. The first-order chi connectivity index (χ1) is 11.5. The molecular weight excluding hydrogens is 304 g/mol. The van der Waals surface area contributed by atoms with Gasteiger partial charge in [0.2, 0.25) is 5.91 Å². The van der Waals surface area contributed by atoms with Crippen LogP contribution in [0.15, 0.2) is 24.4 Å². The van der Waals surface area contributed by atoms with Gasteiger partial charge in [-0.05, 0) is 37.3 Å². The number of aryl methyl sites for hydroxylation is 1. The van der Waals surface area contributed by atoms with Gasteiger partial charge in [0.25, 0.3) is 0 Å². The first-order valence-corrected chi connectivity index (χ1v) is 8.61. The van der Waals surface area contributed by atoms with E-state index in [9.17, 15) is 14.7 Å². The summed E-state index contributed by atoms with van der Waals surface area (Å²) in [5, 5.41) is 10.3. The van der Waals surface area contributed by atoms with Crippen LogP contribution in [0.5, 0.6) is 0 Å². The maximum atomic E-state index is 12.8. The van der Waals surface area contributed by atoms with E-state index in [1.807, 2.05) is 25.3 Å². The van der Waals surface area contributed by atoms with Crippen molar-refractivity contribution in [3.63, 3.8) is 0 Å². The number of carboxylic acid groups (broad SMARTS) is 1. The minimum atomic E-state index is -0.806. The molecule has 5 nitrogen and oxygen atoms in total. The molecule has 1 fully saturated rings. The average Bonchev–Trinajstić information content (AvgIpc) is 2.98. The largest absolute Gasteiger partial charge is 0.481 e. The molecule has 128 valence electrons. The third-order valence-electron chi connectivity index (χ3n) is 5.16. The topological polar surface area (TPSA) is 73.4 Å². The molecule has 0 saturated carbocycles. The number of carbonyl (C=O) groups excluding carboxylic acids is 1. The number of H-pyrrole nitrogens is 1. The molecule has 1 saturated heterocycles. The van der Waals surface area contributed by atoms with Crippen molar-refractivity contribution in [2.45, 2.75) is 45.6 Å². The van der Waals surface area contributed by atoms with Crippen LogP contribution in [0.3, 0.4) is 0 Å². The van der Waals surface area contributed by atoms with Gasteiger partial charge in [0.15, 0.2) is 0 Å². The maximum Gasteiger partial charge on any atom is 0.308 e. The molecule has 0 aliphatic carbocycles. The van der Waals surface area contributed by atoms with Crippen LogP contribution in [0.1, 0.15) is 37.8 Å². The van der Waals surface area contributed by atoms with Gasteiger partial charge in [0.1, 0.15) is 0 Å². The summed E-state index contributed by atoms with van der Waals surface area (Å²) in [5.41, 5.74) is 3.32. The Kier molecular flexibility index (Phi) is 4.60. The third-order valence-corrected chi connectivity index (χ3v) is 5.16. The lowest BCUT2D eigenvalue weighted by atomic mass is 9.93. The van der Waals surface area contributed by atoms with Crippen LogP contribution in [0.2, 0.25) is 0 Å². The van der Waals surface area contributed by atoms with E-state index in [-0.39, 0.29) is 11.9 Å². The molecule has 1 amide bonds. The Bertz CT molecular complexity index is 765. The highest BCUT2D eigenvalue weighted by molar-refractivity contribution is 5.91. The number of carboxylic acids is 1. The van der Waals surface area contributed by atoms with Crippen molar-refractivity contribution in [3.8, 4) is 0 Å². The molecule has 24 heavy (non-hydrogen) atoms. The minimum Gasteiger partial charge on any atom is -0.481 e. The van der Waals surface area contributed by atoms with E-state index < -0.39 is 11.9 Å².